The number of piperazine rings is 1. The Hall–Kier alpha value is -1.17. The summed E-state index contributed by atoms with van der Waals surface area (Å²) in [6.45, 7) is 15.4. The van der Waals surface area contributed by atoms with E-state index >= 15 is 0 Å². The van der Waals surface area contributed by atoms with Crippen LogP contribution in [0.25, 0.3) is 0 Å². The van der Waals surface area contributed by atoms with Gasteiger partial charge in [0.2, 0.25) is 0 Å². The SMILES string of the molecule is CCN(CCN1CCN(C(=O)c2cccs2)CC1)CC1=CCC2CC1C2(C)C. The fourth-order valence-electron chi connectivity index (χ4n) is 5.28. The Morgan fingerprint density at radius 1 is 1.29 bits per heavy atom. The van der Waals surface area contributed by atoms with Crippen molar-refractivity contribution in [3.8, 4) is 0 Å². The molecule has 4 aliphatic rings. The third-order valence-electron chi connectivity index (χ3n) is 7.56. The molecule has 2 heterocycles. The van der Waals surface area contributed by atoms with Crippen molar-refractivity contribution in [3.05, 3.63) is 34.0 Å². The highest BCUT2D eigenvalue weighted by molar-refractivity contribution is 7.12. The lowest BCUT2D eigenvalue weighted by atomic mass is 9.49. The van der Waals surface area contributed by atoms with Crippen molar-refractivity contribution < 1.29 is 4.79 Å². The second kappa shape index (κ2) is 8.29. The minimum atomic E-state index is 0.204. The molecule has 2 unspecified atom stereocenters. The predicted molar refractivity (Wildman–Crippen MR) is 117 cm³/mol. The van der Waals surface area contributed by atoms with Gasteiger partial charge in [-0.05, 0) is 48.1 Å². The number of thiophene rings is 1. The van der Waals surface area contributed by atoms with E-state index in [1.54, 1.807) is 16.9 Å². The third kappa shape index (κ3) is 3.94. The molecule has 0 aromatic carbocycles. The highest BCUT2D eigenvalue weighted by Gasteiger charge is 2.51. The van der Waals surface area contributed by atoms with Crippen LogP contribution < -0.4 is 0 Å². The number of rotatable bonds is 7. The molecule has 28 heavy (non-hydrogen) atoms. The van der Waals surface area contributed by atoms with Crippen LogP contribution >= 0.6 is 11.3 Å². The molecule has 4 nitrogen and oxygen atoms in total. The van der Waals surface area contributed by atoms with Gasteiger partial charge in [-0.3, -0.25) is 14.6 Å². The Morgan fingerprint density at radius 2 is 2.07 bits per heavy atom. The molecule has 1 saturated heterocycles. The minimum absolute atomic E-state index is 0.204. The summed E-state index contributed by atoms with van der Waals surface area (Å²) in [5.74, 6) is 1.94. The van der Waals surface area contributed by atoms with Crippen LogP contribution in [0, 0.1) is 17.3 Å². The topological polar surface area (TPSA) is 26.8 Å². The molecule has 1 aromatic heterocycles. The number of carbonyl (C=O) groups is 1. The van der Waals surface area contributed by atoms with E-state index in [0.29, 0.717) is 5.41 Å². The number of fused-ring (bicyclic) bond motifs is 1. The molecule has 0 spiro atoms. The Balaban J connectivity index is 1.22. The van der Waals surface area contributed by atoms with Gasteiger partial charge in [0, 0.05) is 45.8 Å². The summed E-state index contributed by atoms with van der Waals surface area (Å²) in [6, 6.07) is 3.89. The molecule has 1 aromatic rings. The predicted octanol–water partition coefficient (Wildman–Crippen LogP) is 3.82. The fraction of sp³-hybridized carbons (Fsp3) is 0.696. The van der Waals surface area contributed by atoms with Crippen LogP contribution in [0.15, 0.2) is 29.2 Å². The van der Waals surface area contributed by atoms with Crippen LogP contribution in [0.1, 0.15) is 43.3 Å². The number of hydrogen-bond donors (Lipinski definition) is 0. The van der Waals surface area contributed by atoms with Crippen LogP contribution in [0.4, 0.5) is 0 Å². The summed E-state index contributed by atoms with van der Waals surface area (Å²) in [4.78, 5) is 20.5. The second-order valence-electron chi connectivity index (χ2n) is 9.30. The summed E-state index contributed by atoms with van der Waals surface area (Å²) >= 11 is 1.55. The standard InChI is InChI=1S/C23H35N3OS/c1-4-24(17-18-7-8-19-16-20(18)23(19,2)3)9-10-25-11-13-26(14-12-25)22(27)21-6-5-15-28-21/h5-7,15,19-20H,4,8-14,16-17H2,1-3H3. The molecule has 1 saturated carbocycles. The number of amides is 1. The minimum Gasteiger partial charge on any atom is -0.335 e. The first-order valence-corrected chi connectivity index (χ1v) is 11.8. The number of nitrogens with zero attached hydrogens (tertiary/aromatic N) is 3. The van der Waals surface area contributed by atoms with Crippen molar-refractivity contribution in [1.29, 1.82) is 0 Å². The first-order valence-electron chi connectivity index (χ1n) is 11.0. The zero-order valence-corrected chi connectivity index (χ0v) is 18.5. The van der Waals surface area contributed by atoms with Gasteiger partial charge in [0.1, 0.15) is 0 Å². The Kier molecular flexibility index (Phi) is 5.96. The Morgan fingerprint density at radius 3 is 2.68 bits per heavy atom. The van der Waals surface area contributed by atoms with Gasteiger partial charge in [0.15, 0.2) is 0 Å². The highest BCUT2D eigenvalue weighted by atomic mass is 32.1. The Labute approximate surface area is 174 Å². The molecule has 2 fully saturated rings. The van der Waals surface area contributed by atoms with Gasteiger partial charge in [-0.25, -0.2) is 0 Å². The summed E-state index contributed by atoms with van der Waals surface area (Å²) in [6.07, 6.45) is 5.24. The summed E-state index contributed by atoms with van der Waals surface area (Å²) in [5, 5.41) is 1.98. The van der Waals surface area contributed by atoms with Crippen LogP contribution in [-0.2, 0) is 0 Å². The van der Waals surface area contributed by atoms with Crippen LogP contribution in [0.2, 0.25) is 0 Å². The molecule has 1 aliphatic heterocycles. The quantitative estimate of drug-likeness (QED) is 0.650. The lowest BCUT2D eigenvalue weighted by molar-refractivity contribution is -0.0108. The number of likely N-dealkylation sites (N-methyl/N-ethyl adjacent to an activating group) is 1. The molecule has 2 atom stereocenters. The average Bonchev–Trinajstić information content (AvgIpc) is 3.25. The van der Waals surface area contributed by atoms with E-state index in [1.807, 2.05) is 22.4 Å². The molecule has 1 amide bonds. The average molecular weight is 402 g/mol. The molecular weight excluding hydrogens is 366 g/mol. The maximum atomic E-state index is 12.5. The zero-order chi connectivity index (χ0) is 19.7. The third-order valence-corrected chi connectivity index (χ3v) is 8.42. The van der Waals surface area contributed by atoms with Crippen molar-refractivity contribution in [2.75, 3.05) is 52.4 Å². The molecule has 0 N–H and O–H groups in total. The maximum absolute atomic E-state index is 12.5. The number of allylic oxidation sites excluding steroid dienone is 1. The molecular formula is C23H35N3OS. The fourth-order valence-corrected chi connectivity index (χ4v) is 5.97. The van der Waals surface area contributed by atoms with Crippen molar-refractivity contribution in [2.45, 2.75) is 33.6 Å². The van der Waals surface area contributed by atoms with E-state index in [1.165, 1.54) is 12.8 Å². The van der Waals surface area contributed by atoms with Crippen molar-refractivity contribution >= 4 is 17.2 Å². The van der Waals surface area contributed by atoms with Gasteiger partial charge in [-0.15, -0.1) is 11.3 Å². The number of carbonyl (C=O) groups excluding carboxylic acids is 1. The summed E-state index contributed by atoms with van der Waals surface area (Å²) in [7, 11) is 0. The lowest BCUT2D eigenvalue weighted by Crippen LogP contribution is -2.51. The van der Waals surface area contributed by atoms with Gasteiger partial charge in [-0.1, -0.05) is 38.5 Å². The molecule has 5 heteroatoms. The van der Waals surface area contributed by atoms with Gasteiger partial charge in [0.05, 0.1) is 4.88 Å². The molecule has 0 radical (unpaired) electrons. The first-order chi connectivity index (χ1) is 13.5. The largest absolute Gasteiger partial charge is 0.335 e. The van der Waals surface area contributed by atoms with Crippen molar-refractivity contribution in [2.24, 2.45) is 17.3 Å². The Bertz CT molecular complexity index is 703. The molecule has 2 bridgehead atoms. The van der Waals surface area contributed by atoms with E-state index in [0.717, 1.165) is 69.1 Å². The monoisotopic (exact) mass is 401 g/mol. The summed E-state index contributed by atoms with van der Waals surface area (Å²) in [5.41, 5.74) is 2.22. The molecule has 5 rings (SSSR count). The van der Waals surface area contributed by atoms with E-state index in [9.17, 15) is 4.79 Å². The second-order valence-corrected chi connectivity index (χ2v) is 10.2. The zero-order valence-electron chi connectivity index (χ0n) is 17.7. The van der Waals surface area contributed by atoms with Crippen LogP contribution in [-0.4, -0.2) is 73.0 Å². The summed E-state index contributed by atoms with van der Waals surface area (Å²) < 4.78 is 0. The van der Waals surface area contributed by atoms with Crippen molar-refractivity contribution in [1.82, 2.24) is 14.7 Å². The first kappa shape index (κ1) is 20.1. The van der Waals surface area contributed by atoms with Gasteiger partial charge in [-0.2, -0.15) is 0 Å². The molecule has 154 valence electrons. The van der Waals surface area contributed by atoms with E-state index in [-0.39, 0.29) is 5.91 Å². The van der Waals surface area contributed by atoms with E-state index < -0.39 is 0 Å². The van der Waals surface area contributed by atoms with Gasteiger partial charge in [0.25, 0.3) is 5.91 Å². The maximum Gasteiger partial charge on any atom is 0.264 e. The lowest BCUT2D eigenvalue weighted by Gasteiger charge is -2.57. The van der Waals surface area contributed by atoms with Crippen molar-refractivity contribution in [3.63, 3.8) is 0 Å². The highest BCUT2D eigenvalue weighted by Crippen LogP contribution is 2.59. The van der Waals surface area contributed by atoms with Gasteiger partial charge >= 0.3 is 0 Å². The van der Waals surface area contributed by atoms with Crippen LogP contribution in [0.5, 0.6) is 0 Å². The molecule has 3 aliphatic carbocycles. The van der Waals surface area contributed by atoms with E-state index in [4.69, 9.17) is 0 Å². The number of hydrogen-bond acceptors (Lipinski definition) is 4. The van der Waals surface area contributed by atoms with Gasteiger partial charge < -0.3 is 4.90 Å². The normalized spacial score (nSPS) is 26.9. The van der Waals surface area contributed by atoms with E-state index in [2.05, 4.69) is 36.6 Å². The van der Waals surface area contributed by atoms with Crippen LogP contribution in [0.3, 0.4) is 0 Å². The smallest absolute Gasteiger partial charge is 0.264 e.